The number of hydrogen-bond acceptors (Lipinski definition) is 4. The highest BCUT2D eigenvalue weighted by molar-refractivity contribution is 6.07. The summed E-state index contributed by atoms with van der Waals surface area (Å²) in [7, 11) is 0. The second-order valence-corrected chi connectivity index (χ2v) is 6.27. The fraction of sp³-hybridized carbons (Fsp3) is 0.217. The van der Waals surface area contributed by atoms with E-state index in [1.54, 1.807) is 37.3 Å². The summed E-state index contributed by atoms with van der Waals surface area (Å²) in [6.07, 6.45) is 6.21. The molecule has 0 unspecified atom stereocenters. The van der Waals surface area contributed by atoms with Gasteiger partial charge in [0.1, 0.15) is 5.75 Å². The predicted octanol–water partition coefficient (Wildman–Crippen LogP) is 4.79. The molecule has 0 aliphatic carbocycles. The molecule has 0 atom stereocenters. The largest absolute Gasteiger partial charge is 0.494 e. The molecular weight excluding hydrogens is 354 g/mol. The number of aromatic amines is 1. The summed E-state index contributed by atoms with van der Waals surface area (Å²) in [5, 5.41) is 1.08. The Morgan fingerprint density at radius 2 is 1.86 bits per heavy atom. The van der Waals surface area contributed by atoms with Crippen molar-refractivity contribution in [3.8, 4) is 5.75 Å². The maximum absolute atomic E-state index is 12.4. The Kier molecular flexibility index (Phi) is 6.63. The van der Waals surface area contributed by atoms with Gasteiger partial charge in [0, 0.05) is 29.1 Å². The number of allylic oxidation sites excluding steroid dienone is 1. The number of ether oxygens (including phenoxy) is 2. The van der Waals surface area contributed by atoms with Gasteiger partial charge in [-0.3, -0.25) is 9.59 Å². The monoisotopic (exact) mass is 377 g/mol. The summed E-state index contributed by atoms with van der Waals surface area (Å²) < 4.78 is 10.5. The van der Waals surface area contributed by atoms with Crippen LogP contribution in [-0.2, 0) is 9.53 Å². The molecule has 144 valence electrons. The SMILES string of the molecule is CCOC(=O)CCCOc1ccc(C(=O)/C=C/c2c[nH]c3ccccc23)cc1. The van der Waals surface area contributed by atoms with Gasteiger partial charge in [0.05, 0.1) is 13.2 Å². The second kappa shape index (κ2) is 9.55. The molecule has 5 heteroatoms. The van der Waals surface area contributed by atoms with E-state index in [0.29, 0.717) is 37.4 Å². The molecule has 0 saturated heterocycles. The lowest BCUT2D eigenvalue weighted by Crippen LogP contribution is -2.06. The van der Waals surface area contributed by atoms with Crippen LogP contribution in [0.15, 0.2) is 60.8 Å². The van der Waals surface area contributed by atoms with E-state index in [1.165, 1.54) is 0 Å². The lowest BCUT2D eigenvalue weighted by molar-refractivity contribution is -0.143. The Morgan fingerprint density at radius 1 is 1.07 bits per heavy atom. The van der Waals surface area contributed by atoms with E-state index in [1.807, 2.05) is 36.5 Å². The molecule has 0 amide bonds. The number of H-pyrrole nitrogens is 1. The maximum atomic E-state index is 12.4. The molecule has 1 aromatic heterocycles. The van der Waals surface area contributed by atoms with E-state index in [9.17, 15) is 9.59 Å². The number of nitrogens with one attached hydrogen (secondary N) is 1. The Balaban J connectivity index is 1.53. The molecule has 0 aliphatic heterocycles. The van der Waals surface area contributed by atoms with Crippen molar-refractivity contribution in [1.82, 2.24) is 4.98 Å². The summed E-state index contributed by atoms with van der Waals surface area (Å²) in [5.74, 6) is 0.384. The number of ketones is 1. The Bertz CT molecular complexity index is 970. The number of para-hydroxylation sites is 1. The number of aromatic nitrogens is 1. The first-order valence-corrected chi connectivity index (χ1v) is 9.34. The van der Waals surface area contributed by atoms with Crippen LogP contribution >= 0.6 is 0 Å². The van der Waals surface area contributed by atoms with Crippen LogP contribution in [0.2, 0.25) is 0 Å². The normalized spacial score (nSPS) is 11.0. The zero-order valence-electron chi connectivity index (χ0n) is 15.8. The molecule has 0 fully saturated rings. The molecule has 0 radical (unpaired) electrons. The van der Waals surface area contributed by atoms with Gasteiger partial charge in [-0.15, -0.1) is 0 Å². The summed E-state index contributed by atoms with van der Waals surface area (Å²) >= 11 is 0. The van der Waals surface area contributed by atoms with E-state index in [4.69, 9.17) is 9.47 Å². The number of carbonyl (C=O) groups excluding carboxylic acids is 2. The van der Waals surface area contributed by atoms with E-state index in [2.05, 4.69) is 4.98 Å². The van der Waals surface area contributed by atoms with E-state index >= 15 is 0 Å². The zero-order valence-corrected chi connectivity index (χ0v) is 15.8. The lowest BCUT2D eigenvalue weighted by Gasteiger charge is -2.06. The molecule has 1 heterocycles. The second-order valence-electron chi connectivity index (χ2n) is 6.27. The van der Waals surface area contributed by atoms with Crippen molar-refractivity contribution >= 4 is 28.7 Å². The van der Waals surface area contributed by atoms with Crippen LogP contribution < -0.4 is 4.74 Å². The van der Waals surface area contributed by atoms with Crippen molar-refractivity contribution in [2.24, 2.45) is 0 Å². The van der Waals surface area contributed by atoms with Gasteiger partial charge in [-0.05, 0) is 61.4 Å². The molecule has 2 aromatic carbocycles. The van der Waals surface area contributed by atoms with Gasteiger partial charge in [-0.1, -0.05) is 18.2 Å². The van der Waals surface area contributed by atoms with Crippen LogP contribution in [0.25, 0.3) is 17.0 Å². The minimum atomic E-state index is -0.214. The summed E-state index contributed by atoms with van der Waals surface area (Å²) in [6.45, 7) is 2.60. The molecule has 0 aliphatic rings. The predicted molar refractivity (Wildman–Crippen MR) is 109 cm³/mol. The number of esters is 1. The van der Waals surface area contributed by atoms with Crippen molar-refractivity contribution in [3.05, 3.63) is 71.9 Å². The number of fused-ring (bicyclic) bond motifs is 1. The molecule has 28 heavy (non-hydrogen) atoms. The highest BCUT2D eigenvalue weighted by atomic mass is 16.5. The van der Waals surface area contributed by atoms with Crippen LogP contribution in [0.3, 0.4) is 0 Å². The third kappa shape index (κ3) is 5.10. The molecule has 0 spiro atoms. The lowest BCUT2D eigenvalue weighted by atomic mass is 10.1. The van der Waals surface area contributed by atoms with Crippen LogP contribution in [-0.4, -0.2) is 30.0 Å². The fourth-order valence-corrected chi connectivity index (χ4v) is 2.85. The number of hydrogen-bond donors (Lipinski definition) is 1. The van der Waals surface area contributed by atoms with Gasteiger partial charge in [-0.25, -0.2) is 0 Å². The Hall–Kier alpha value is -3.34. The molecule has 3 aromatic rings. The zero-order chi connectivity index (χ0) is 19.8. The smallest absolute Gasteiger partial charge is 0.305 e. The average Bonchev–Trinajstić information content (AvgIpc) is 3.13. The van der Waals surface area contributed by atoms with Crippen LogP contribution in [0.5, 0.6) is 5.75 Å². The van der Waals surface area contributed by atoms with Gasteiger partial charge in [0.25, 0.3) is 0 Å². The first-order valence-electron chi connectivity index (χ1n) is 9.34. The molecule has 0 bridgehead atoms. The van der Waals surface area contributed by atoms with Gasteiger partial charge in [-0.2, -0.15) is 0 Å². The third-order valence-electron chi connectivity index (χ3n) is 4.27. The molecule has 0 saturated carbocycles. The van der Waals surface area contributed by atoms with Crippen LogP contribution in [0.1, 0.15) is 35.7 Å². The van der Waals surface area contributed by atoms with E-state index < -0.39 is 0 Å². The Labute approximate surface area is 164 Å². The summed E-state index contributed by atoms with van der Waals surface area (Å²) in [4.78, 5) is 26.9. The minimum absolute atomic E-state index is 0.0702. The fourth-order valence-electron chi connectivity index (χ4n) is 2.85. The van der Waals surface area contributed by atoms with Crippen molar-refractivity contribution in [1.29, 1.82) is 0 Å². The van der Waals surface area contributed by atoms with Crippen molar-refractivity contribution in [2.45, 2.75) is 19.8 Å². The molecular formula is C23H23NO4. The first kappa shape index (κ1) is 19.4. The van der Waals surface area contributed by atoms with Crippen molar-refractivity contribution < 1.29 is 19.1 Å². The molecule has 1 N–H and O–H groups in total. The van der Waals surface area contributed by atoms with Gasteiger partial charge in [0.15, 0.2) is 5.78 Å². The Morgan fingerprint density at radius 3 is 2.64 bits per heavy atom. The third-order valence-corrected chi connectivity index (χ3v) is 4.27. The van der Waals surface area contributed by atoms with Crippen LogP contribution in [0.4, 0.5) is 0 Å². The van der Waals surface area contributed by atoms with Gasteiger partial charge in [0.2, 0.25) is 0 Å². The van der Waals surface area contributed by atoms with Crippen LogP contribution in [0, 0.1) is 0 Å². The highest BCUT2D eigenvalue weighted by Gasteiger charge is 2.05. The highest BCUT2D eigenvalue weighted by Crippen LogP contribution is 2.19. The first-order chi connectivity index (χ1) is 13.7. The van der Waals surface area contributed by atoms with Gasteiger partial charge < -0.3 is 14.5 Å². The van der Waals surface area contributed by atoms with Gasteiger partial charge >= 0.3 is 5.97 Å². The number of carbonyl (C=O) groups is 2. The topological polar surface area (TPSA) is 68.4 Å². The summed E-state index contributed by atoms with van der Waals surface area (Å²) in [5.41, 5.74) is 2.61. The standard InChI is InChI=1S/C23H23NO4/c1-2-27-23(26)8-5-15-28-19-12-9-17(10-13-19)22(25)14-11-18-16-24-21-7-4-3-6-20(18)21/h3-4,6-7,9-14,16,24H,2,5,8,15H2,1H3/b14-11+. The number of benzene rings is 2. The maximum Gasteiger partial charge on any atom is 0.305 e. The minimum Gasteiger partial charge on any atom is -0.494 e. The van der Waals surface area contributed by atoms with Crippen molar-refractivity contribution in [2.75, 3.05) is 13.2 Å². The van der Waals surface area contributed by atoms with E-state index in [-0.39, 0.29) is 11.8 Å². The quantitative estimate of drug-likeness (QED) is 0.252. The molecule has 5 nitrogen and oxygen atoms in total. The van der Waals surface area contributed by atoms with Crippen molar-refractivity contribution in [3.63, 3.8) is 0 Å². The van der Waals surface area contributed by atoms with E-state index in [0.717, 1.165) is 16.5 Å². The number of rotatable bonds is 9. The average molecular weight is 377 g/mol. The summed E-state index contributed by atoms with van der Waals surface area (Å²) in [6, 6.07) is 15.0. The molecule has 3 rings (SSSR count).